The van der Waals surface area contributed by atoms with E-state index in [-0.39, 0.29) is 10.6 Å². The molecule has 4 nitrogen and oxygen atoms in total. The summed E-state index contributed by atoms with van der Waals surface area (Å²) in [7, 11) is 0. The van der Waals surface area contributed by atoms with Crippen LogP contribution in [0.3, 0.4) is 0 Å². The van der Waals surface area contributed by atoms with Crippen LogP contribution in [-0.2, 0) is 5.41 Å². The van der Waals surface area contributed by atoms with Gasteiger partial charge >= 0.3 is 0 Å². The maximum absolute atomic E-state index is 9.28. The van der Waals surface area contributed by atoms with E-state index in [1.54, 1.807) is 24.3 Å². The molecule has 1 heterocycles. The van der Waals surface area contributed by atoms with Gasteiger partial charge in [-0.1, -0.05) is 38.4 Å². The average molecular weight is 285 g/mol. The Kier molecular flexibility index (Phi) is 3.53. The zero-order valence-corrected chi connectivity index (χ0v) is 12.2. The Morgan fingerprint density at radius 1 is 1.20 bits per heavy atom. The maximum Gasteiger partial charge on any atom is 0.150 e. The lowest BCUT2D eigenvalue weighted by Crippen LogP contribution is -2.14. The maximum atomic E-state index is 9.28. The van der Waals surface area contributed by atoms with Gasteiger partial charge in [0.15, 0.2) is 5.15 Å². The Morgan fingerprint density at radius 3 is 2.40 bits per heavy atom. The monoisotopic (exact) mass is 284 g/mol. The van der Waals surface area contributed by atoms with E-state index in [2.05, 4.69) is 17.2 Å². The molecule has 0 aliphatic heterocycles. The minimum atomic E-state index is -0.285. The second kappa shape index (κ2) is 5.00. The zero-order chi connectivity index (χ0) is 14.9. The van der Waals surface area contributed by atoms with E-state index in [1.807, 2.05) is 20.8 Å². The van der Waals surface area contributed by atoms with Crippen molar-refractivity contribution in [3.05, 3.63) is 46.2 Å². The van der Waals surface area contributed by atoms with Gasteiger partial charge in [0.05, 0.1) is 23.0 Å². The van der Waals surface area contributed by atoms with Crippen LogP contribution in [0.5, 0.6) is 0 Å². The predicted octanol–water partition coefficient (Wildman–Crippen LogP) is 3.57. The summed E-state index contributed by atoms with van der Waals surface area (Å²) in [4.78, 5) is 0. The molecule has 0 atom stereocenters. The highest BCUT2D eigenvalue weighted by atomic mass is 35.5. The summed E-state index contributed by atoms with van der Waals surface area (Å²) in [6.45, 7) is 5.92. The quantitative estimate of drug-likeness (QED) is 0.804. The molecule has 2 rings (SSSR count). The van der Waals surface area contributed by atoms with Crippen LogP contribution in [0.15, 0.2) is 24.3 Å². The average Bonchev–Trinajstić information content (AvgIpc) is 2.75. The number of nitrogens with zero attached hydrogens (tertiary/aromatic N) is 4. The van der Waals surface area contributed by atoms with Gasteiger partial charge in [-0.25, -0.2) is 4.68 Å². The number of halogens is 1. The van der Waals surface area contributed by atoms with Crippen LogP contribution in [-0.4, -0.2) is 9.78 Å². The third-order valence-electron chi connectivity index (χ3n) is 2.87. The van der Waals surface area contributed by atoms with Crippen molar-refractivity contribution in [1.82, 2.24) is 9.78 Å². The van der Waals surface area contributed by atoms with E-state index in [0.717, 1.165) is 0 Å². The topological polar surface area (TPSA) is 65.4 Å². The normalized spacial score (nSPS) is 10.9. The second-order valence-electron chi connectivity index (χ2n) is 5.45. The molecule has 0 amide bonds. The lowest BCUT2D eigenvalue weighted by atomic mass is 9.90. The van der Waals surface area contributed by atoms with Crippen LogP contribution in [0, 0.1) is 22.7 Å². The zero-order valence-electron chi connectivity index (χ0n) is 11.5. The summed E-state index contributed by atoms with van der Waals surface area (Å²) < 4.78 is 1.50. The molecule has 2 aromatic rings. The minimum Gasteiger partial charge on any atom is -0.220 e. The van der Waals surface area contributed by atoms with Crippen molar-refractivity contribution in [3.8, 4) is 17.8 Å². The fraction of sp³-hybridized carbons (Fsp3) is 0.267. The Hall–Kier alpha value is -2.30. The van der Waals surface area contributed by atoms with Gasteiger partial charge in [0.25, 0.3) is 0 Å². The molecule has 20 heavy (non-hydrogen) atoms. The fourth-order valence-corrected chi connectivity index (χ4v) is 2.17. The van der Waals surface area contributed by atoms with Crippen molar-refractivity contribution in [1.29, 1.82) is 10.5 Å². The van der Waals surface area contributed by atoms with Crippen LogP contribution in [0.4, 0.5) is 0 Å². The molecular weight excluding hydrogens is 272 g/mol. The molecule has 1 aromatic heterocycles. The molecule has 0 aliphatic rings. The van der Waals surface area contributed by atoms with Crippen LogP contribution in [0.25, 0.3) is 5.69 Å². The van der Waals surface area contributed by atoms with Gasteiger partial charge in [0.1, 0.15) is 11.6 Å². The first-order chi connectivity index (χ1) is 9.38. The molecule has 100 valence electrons. The molecule has 5 heteroatoms. The number of aromatic nitrogens is 2. The Morgan fingerprint density at radius 2 is 1.90 bits per heavy atom. The summed E-state index contributed by atoms with van der Waals surface area (Å²) in [6.07, 6.45) is 0. The number of hydrogen-bond donors (Lipinski definition) is 0. The number of hydrogen-bond acceptors (Lipinski definition) is 3. The summed E-state index contributed by atoms with van der Waals surface area (Å²) in [5.74, 6) is 0. The van der Waals surface area contributed by atoms with Gasteiger partial charge in [-0.3, -0.25) is 0 Å². The number of nitriles is 2. The van der Waals surface area contributed by atoms with E-state index in [0.29, 0.717) is 22.5 Å². The largest absolute Gasteiger partial charge is 0.220 e. The molecule has 0 fully saturated rings. The van der Waals surface area contributed by atoms with Gasteiger partial charge in [0, 0.05) is 5.41 Å². The molecule has 0 radical (unpaired) electrons. The lowest BCUT2D eigenvalue weighted by molar-refractivity contribution is 0.559. The molecule has 0 saturated heterocycles. The van der Waals surface area contributed by atoms with Gasteiger partial charge in [0.2, 0.25) is 0 Å². The van der Waals surface area contributed by atoms with Crippen LogP contribution < -0.4 is 0 Å². The predicted molar refractivity (Wildman–Crippen MR) is 76.7 cm³/mol. The Labute approximate surface area is 122 Å². The molecular formula is C15H13ClN4. The molecule has 0 aliphatic carbocycles. The van der Waals surface area contributed by atoms with Crippen molar-refractivity contribution in [2.45, 2.75) is 26.2 Å². The highest BCUT2D eigenvalue weighted by Crippen LogP contribution is 2.31. The van der Waals surface area contributed by atoms with E-state index in [9.17, 15) is 5.26 Å². The van der Waals surface area contributed by atoms with Crippen LogP contribution >= 0.6 is 11.6 Å². The van der Waals surface area contributed by atoms with E-state index in [1.165, 1.54) is 4.68 Å². The summed E-state index contributed by atoms with van der Waals surface area (Å²) >= 11 is 6.26. The van der Waals surface area contributed by atoms with Crippen LogP contribution in [0.1, 0.15) is 37.6 Å². The number of benzene rings is 1. The van der Waals surface area contributed by atoms with Crippen molar-refractivity contribution < 1.29 is 0 Å². The van der Waals surface area contributed by atoms with Crippen molar-refractivity contribution in [2.24, 2.45) is 0 Å². The van der Waals surface area contributed by atoms with Gasteiger partial charge < -0.3 is 0 Å². The Bertz CT molecular complexity index is 739. The molecule has 0 spiro atoms. The minimum absolute atomic E-state index is 0.271. The van der Waals surface area contributed by atoms with Crippen LogP contribution in [0.2, 0.25) is 5.15 Å². The fourth-order valence-electron chi connectivity index (χ4n) is 1.90. The molecule has 0 N–H and O–H groups in total. The summed E-state index contributed by atoms with van der Waals surface area (Å²) in [5.41, 5.74) is 1.92. The van der Waals surface area contributed by atoms with Crippen molar-refractivity contribution >= 4 is 11.6 Å². The first-order valence-electron chi connectivity index (χ1n) is 6.08. The standard InChI is InChI=1S/C15H13ClN4/c1-15(2,3)13-12(9-18)14(16)20(19-13)11-6-4-5-10(7-11)8-17/h4-7H,1-3H3. The smallest absolute Gasteiger partial charge is 0.150 e. The molecule has 0 saturated carbocycles. The number of rotatable bonds is 1. The molecule has 1 aromatic carbocycles. The van der Waals surface area contributed by atoms with E-state index >= 15 is 0 Å². The highest BCUT2D eigenvalue weighted by Gasteiger charge is 2.26. The van der Waals surface area contributed by atoms with E-state index in [4.69, 9.17) is 16.9 Å². The summed E-state index contributed by atoms with van der Waals surface area (Å²) in [5, 5.41) is 23.0. The van der Waals surface area contributed by atoms with E-state index < -0.39 is 0 Å². The highest BCUT2D eigenvalue weighted by molar-refractivity contribution is 6.31. The third-order valence-corrected chi connectivity index (χ3v) is 3.22. The van der Waals surface area contributed by atoms with Gasteiger partial charge in [-0.05, 0) is 18.2 Å². The SMILES string of the molecule is CC(C)(C)c1nn(-c2cccc(C#N)c2)c(Cl)c1C#N. The lowest BCUT2D eigenvalue weighted by Gasteiger charge is -2.15. The first kappa shape index (κ1) is 14.1. The summed E-state index contributed by atoms with van der Waals surface area (Å²) in [6, 6.07) is 11.1. The third kappa shape index (κ3) is 2.39. The Balaban J connectivity index is 2.68. The van der Waals surface area contributed by atoms with Crippen molar-refractivity contribution in [2.75, 3.05) is 0 Å². The molecule has 0 unspecified atom stereocenters. The van der Waals surface area contributed by atoms with Crippen molar-refractivity contribution in [3.63, 3.8) is 0 Å². The molecule has 0 bridgehead atoms. The van der Waals surface area contributed by atoms with Gasteiger partial charge in [-0.15, -0.1) is 0 Å². The van der Waals surface area contributed by atoms with Gasteiger partial charge in [-0.2, -0.15) is 15.6 Å². The first-order valence-corrected chi connectivity index (χ1v) is 6.46. The second-order valence-corrected chi connectivity index (χ2v) is 5.81.